The summed E-state index contributed by atoms with van der Waals surface area (Å²) in [5, 5.41) is 0. The van der Waals surface area contributed by atoms with Crippen molar-refractivity contribution in [3.05, 3.63) is 59.4 Å². The largest absolute Gasteiger partial charge is 0.461 e. The molecule has 0 N–H and O–H groups in total. The Balaban J connectivity index is 1.52. The van der Waals surface area contributed by atoms with Crippen LogP contribution in [0.3, 0.4) is 0 Å². The third-order valence-electron chi connectivity index (χ3n) is 3.75. The van der Waals surface area contributed by atoms with Crippen molar-refractivity contribution in [2.75, 3.05) is 6.79 Å². The molecule has 0 fully saturated rings. The van der Waals surface area contributed by atoms with Gasteiger partial charge in [-0.1, -0.05) is 25.1 Å². The summed E-state index contributed by atoms with van der Waals surface area (Å²) in [6, 6.07) is 11.6. The highest BCUT2D eigenvalue weighted by molar-refractivity contribution is 5.70. The highest BCUT2D eigenvalue weighted by atomic mass is 19.1. The molecule has 0 amide bonds. The summed E-state index contributed by atoms with van der Waals surface area (Å²) in [5.41, 5.74) is 1.75. The van der Waals surface area contributed by atoms with Crippen molar-refractivity contribution in [3.8, 4) is 11.5 Å². The Morgan fingerprint density at radius 2 is 1.91 bits per heavy atom. The molecule has 23 heavy (non-hydrogen) atoms. The fraction of sp³-hybridized carbons (Fsp3) is 0.278. The average molecular weight is 316 g/mol. The summed E-state index contributed by atoms with van der Waals surface area (Å²) in [6.07, 6.45) is 0.246. The van der Waals surface area contributed by atoms with E-state index >= 15 is 0 Å². The van der Waals surface area contributed by atoms with Gasteiger partial charge in [-0.05, 0) is 41.3 Å². The fourth-order valence-electron chi connectivity index (χ4n) is 2.41. The van der Waals surface area contributed by atoms with Crippen molar-refractivity contribution < 1.29 is 23.4 Å². The van der Waals surface area contributed by atoms with Crippen molar-refractivity contribution in [2.24, 2.45) is 0 Å². The van der Waals surface area contributed by atoms with E-state index in [1.54, 1.807) is 24.3 Å². The Bertz CT molecular complexity index is 697. The number of carbonyl (C=O) groups excluding carboxylic acids is 1. The van der Waals surface area contributed by atoms with E-state index in [4.69, 9.17) is 14.2 Å². The average Bonchev–Trinajstić information content (AvgIpc) is 3.01. The van der Waals surface area contributed by atoms with Gasteiger partial charge in [-0.2, -0.15) is 0 Å². The molecule has 0 saturated heterocycles. The Morgan fingerprint density at radius 3 is 2.70 bits per heavy atom. The van der Waals surface area contributed by atoms with Crippen LogP contribution in [0.15, 0.2) is 42.5 Å². The smallest absolute Gasteiger partial charge is 0.306 e. The lowest BCUT2D eigenvalue weighted by molar-refractivity contribution is -0.145. The van der Waals surface area contributed by atoms with Crippen molar-refractivity contribution in [1.29, 1.82) is 0 Å². The van der Waals surface area contributed by atoms with Crippen LogP contribution in [-0.4, -0.2) is 12.8 Å². The van der Waals surface area contributed by atoms with E-state index in [0.29, 0.717) is 11.5 Å². The van der Waals surface area contributed by atoms with Crippen molar-refractivity contribution >= 4 is 5.97 Å². The summed E-state index contributed by atoms with van der Waals surface area (Å²) in [5.74, 6) is 0.758. The number of rotatable bonds is 5. The van der Waals surface area contributed by atoms with Crippen LogP contribution in [0.1, 0.15) is 30.4 Å². The third-order valence-corrected chi connectivity index (χ3v) is 3.75. The summed E-state index contributed by atoms with van der Waals surface area (Å²) in [6.45, 7) is 2.31. The lowest BCUT2D eigenvalue weighted by atomic mass is 9.98. The number of hydrogen-bond donors (Lipinski definition) is 0. The van der Waals surface area contributed by atoms with Gasteiger partial charge in [-0.25, -0.2) is 4.39 Å². The standard InChI is InChI=1S/C18H17FO4/c1-12(14-3-5-15(19)6-4-14)8-18(20)21-10-13-2-7-16-17(9-13)23-11-22-16/h2-7,9,12H,8,10-11H2,1H3. The van der Waals surface area contributed by atoms with Gasteiger partial charge < -0.3 is 14.2 Å². The molecule has 0 aromatic heterocycles. The Morgan fingerprint density at radius 1 is 1.17 bits per heavy atom. The molecule has 4 nitrogen and oxygen atoms in total. The zero-order valence-electron chi connectivity index (χ0n) is 12.8. The molecule has 120 valence electrons. The number of esters is 1. The van der Waals surface area contributed by atoms with Crippen LogP contribution in [0.25, 0.3) is 0 Å². The molecule has 2 aromatic rings. The number of fused-ring (bicyclic) bond motifs is 1. The van der Waals surface area contributed by atoms with Gasteiger partial charge in [0.15, 0.2) is 11.5 Å². The van der Waals surface area contributed by atoms with Gasteiger partial charge in [0.05, 0.1) is 6.42 Å². The van der Waals surface area contributed by atoms with Gasteiger partial charge in [-0.3, -0.25) is 4.79 Å². The normalized spacial score (nSPS) is 13.7. The molecule has 0 spiro atoms. The topological polar surface area (TPSA) is 44.8 Å². The maximum absolute atomic E-state index is 12.9. The van der Waals surface area contributed by atoms with Gasteiger partial charge in [0.2, 0.25) is 6.79 Å². The van der Waals surface area contributed by atoms with Gasteiger partial charge in [0.25, 0.3) is 0 Å². The maximum atomic E-state index is 12.9. The molecule has 0 radical (unpaired) electrons. The molecule has 1 aliphatic heterocycles. The molecule has 1 aliphatic rings. The van der Waals surface area contributed by atoms with Crippen LogP contribution in [0, 0.1) is 5.82 Å². The van der Waals surface area contributed by atoms with Gasteiger partial charge in [0, 0.05) is 0 Å². The number of ether oxygens (including phenoxy) is 3. The van der Waals surface area contributed by atoms with Crippen LogP contribution in [-0.2, 0) is 16.1 Å². The fourth-order valence-corrected chi connectivity index (χ4v) is 2.41. The molecule has 1 atom stereocenters. The summed E-state index contributed by atoms with van der Waals surface area (Å²) in [7, 11) is 0. The Kier molecular flexibility index (Phi) is 4.46. The molecule has 0 saturated carbocycles. The van der Waals surface area contributed by atoms with E-state index in [9.17, 15) is 9.18 Å². The monoisotopic (exact) mass is 316 g/mol. The number of carbonyl (C=O) groups is 1. The summed E-state index contributed by atoms with van der Waals surface area (Å²) in [4.78, 5) is 11.9. The summed E-state index contributed by atoms with van der Waals surface area (Å²) < 4.78 is 28.7. The van der Waals surface area contributed by atoms with Gasteiger partial charge in [-0.15, -0.1) is 0 Å². The second-order valence-corrected chi connectivity index (χ2v) is 5.51. The first kappa shape index (κ1) is 15.3. The molecule has 1 unspecified atom stereocenters. The van der Waals surface area contributed by atoms with E-state index in [1.165, 1.54) is 12.1 Å². The first-order valence-electron chi connectivity index (χ1n) is 7.41. The molecule has 0 bridgehead atoms. The molecule has 1 heterocycles. The number of benzene rings is 2. The highest BCUT2D eigenvalue weighted by Crippen LogP contribution is 2.32. The molecule has 5 heteroatoms. The van der Waals surface area contributed by atoms with Crippen molar-refractivity contribution in [3.63, 3.8) is 0 Å². The van der Waals surface area contributed by atoms with E-state index in [2.05, 4.69) is 0 Å². The van der Waals surface area contributed by atoms with Crippen LogP contribution in [0.5, 0.6) is 11.5 Å². The predicted molar refractivity (Wildman–Crippen MR) is 81.8 cm³/mol. The lowest BCUT2D eigenvalue weighted by Gasteiger charge is -2.12. The maximum Gasteiger partial charge on any atom is 0.306 e. The molecule has 2 aromatic carbocycles. The zero-order chi connectivity index (χ0) is 16.2. The molecular formula is C18H17FO4. The minimum Gasteiger partial charge on any atom is -0.461 e. The highest BCUT2D eigenvalue weighted by Gasteiger charge is 2.15. The quantitative estimate of drug-likeness (QED) is 0.787. The first-order valence-corrected chi connectivity index (χ1v) is 7.41. The SMILES string of the molecule is CC(CC(=O)OCc1ccc2c(c1)OCO2)c1ccc(F)cc1. The van der Waals surface area contributed by atoms with Crippen molar-refractivity contribution in [1.82, 2.24) is 0 Å². The minimum atomic E-state index is -0.292. The van der Waals surface area contributed by atoms with E-state index in [0.717, 1.165) is 11.1 Å². The predicted octanol–water partition coefficient (Wildman–Crippen LogP) is 3.79. The van der Waals surface area contributed by atoms with Gasteiger partial charge in [0.1, 0.15) is 12.4 Å². The second kappa shape index (κ2) is 6.69. The third kappa shape index (κ3) is 3.80. The van der Waals surface area contributed by atoms with Crippen LogP contribution >= 0.6 is 0 Å². The van der Waals surface area contributed by atoms with E-state index in [1.807, 2.05) is 13.0 Å². The van der Waals surface area contributed by atoms with Gasteiger partial charge >= 0.3 is 5.97 Å². The number of halogens is 1. The van der Waals surface area contributed by atoms with Crippen LogP contribution < -0.4 is 9.47 Å². The van der Waals surface area contributed by atoms with Crippen LogP contribution in [0.2, 0.25) is 0 Å². The summed E-state index contributed by atoms with van der Waals surface area (Å²) >= 11 is 0. The second-order valence-electron chi connectivity index (χ2n) is 5.51. The first-order chi connectivity index (χ1) is 11.1. The zero-order valence-corrected chi connectivity index (χ0v) is 12.8. The Hall–Kier alpha value is -2.56. The van der Waals surface area contributed by atoms with Crippen LogP contribution in [0.4, 0.5) is 4.39 Å². The van der Waals surface area contributed by atoms with E-state index < -0.39 is 0 Å². The molecular weight excluding hydrogens is 299 g/mol. The van der Waals surface area contributed by atoms with E-state index in [-0.39, 0.29) is 37.5 Å². The number of hydrogen-bond acceptors (Lipinski definition) is 4. The molecule has 0 aliphatic carbocycles. The Labute approximate surface area is 133 Å². The molecule has 3 rings (SSSR count). The minimum absolute atomic E-state index is 0.0279. The lowest BCUT2D eigenvalue weighted by Crippen LogP contribution is -2.08. The van der Waals surface area contributed by atoms with Crippen molar-refractivity contribution in [2.45, 2.75) is 25.9 Å².